The lowest BCUT2D eigenvalue weighted by Crippen LogP contribution is -2.16. The Labute approximate surface area is 123 Å². The summed E-state index contributed by atoms with van der Waals surface area (Å²) in [5, 5.41) is 0. The molecule has 21 heavy (non-hydrogen) atoms. The zero-order valence-corrected chi connectivity index (χ0v) is 12.5. The van der Waals surface area contributed by atoms with Crippen LogP contribution in [0, 0.1) is 19.7 Å². The van der Waals surface area contributed by atoms with Gasteiger partial charge in [-0.3, -0.25) is 9.71 Å². The highest BCUT2D eigenvalue weighted by atomic mass is 32.2. The standard InChI is InChI=1S/C14H16FN3O2S/c1-9-3-4-17-8-13(9)18-21(19,20)14-6-11(7-16)5-12(15)10(14)2/h3-6,8,18H,7,16H2,1-2H3. The highest BCUT2D eigenvalue weighted by Gasteiger charge is 2.21. The maximum atomic E-state index is 13.8. The molecule has 0 aliphatic rings. The predicted octanol–water partition coefficient (Wildman–Crippen LogP) is 2.10. The lowest BCUT2D eigenvalue weighted by Gasteiger charge is -2.13. The molecule has 7 heteroatoms. The molecule has 0 atom stereocenters. The first-order valence-electron chi connectivity index (χ1n) is 6.27. The smallest absolute Gasteiger partial charge is 0.262 e. The minimum atomic E-state index is -3.91. The normalized spacial score (nSPS) is 11.4. The summed E-state index contributed by atoms with van der Waals surface area (Å²) < 4.78 is 41.1. The van der Waals surface area contributed by atoms with Gasteiger partial charge in [0, 0.05) is 18.3 Å². The summed E-state index contributed by atoms with van der Waals surface area (Å²) >= 11 is 0. The first-order valence-corrected chi connectivity index (χ1v) is 7.76. The third-order valence-electron chi connectivity index (χ3n) is 3.17. The molecule has 0 unspecified atom stereocenters. The Morgan fingerprint density at radius 2 is 2.05 bits per heavy atom. The lowest BCUT2D eigenvalue weighted by molar-refractivity contribution is 0.589. The molecule has 0 bridgehead atoms. The Balaban J connectivity index is 2.50. The van der Waals surface area contributed by atoms with Gasteiger partial charge in [0.05, 0.1) is 16.8 Å². The largest absolute Gasteiger partial charge is 0.326 e. The summed E-state index contributed by atoms with van der Waals surface area (Å²) in [7, 11) is -3.91. The van der Waals surface area contributed by atoms with E-state index in [1.165, 1.54) is 25.3 Å². The number of nitrogens with two attached hydrogens (primary N) is 1. The Bertz CT molecular complexity index is 776. The Morgan fingerprint density at radius 3 is 2.67 bits per heavy atom. The molecule has 0 spiro atoms. The van der Waals surface area contributed by atoms with Crippen LogP contribution in [0.3, 0.4) is 0 Å². The minimum absolute atomic E-state index is 0.0567. The summed E-state index contributed by atoms with van der Waals surface area (Å²) in [6.45, 7) is 3.23. The molecule has 0 amide bonds. The number of aromatic nitrogens is 1. The van der Waals surface area contributed by atoms with Crippen molar-refractivity contribution in [3.63, 3.8) is 0 Å². The Kier molecular flexibility index (Phi) is 4.24. The summed E-state index contributed by atoms with van der Waals surface area (Å²) in [6.07, 6.45) is 2.97. The lowest BCUT2D eigenvalue weighted by atomic mass is 10.1. The fourth-order valence-electron chi connectivity index (χ4n) is 1.87. The van der Waals surface area contributed by atoms with E-state index in [0.717, 1.165) is 5.56 Å². The van der Waals surface area contributed by atoms with E-state index in [9.17, 15) is 12.8 Å². The number of hydrogen-bond donors (Lipinski definition) is 2. The first-order chi connectivity index (χ1) is 9.85. The van der Waals surface area contributed by atoms with Crippen molar-refractivity contribution in [2.24, 2.45) is 5.73 Å². The molecule has 3 N–H and O–H groups in total. The van der Waals surface area contributed by atoms with E-state index in [-0.39, 0.29) is 17.0 Å². The fraction of sp³-hybridized carbons (Fsp3) is 0.214. The average Bonchev–Trinajstić information content (AvgIpc) is 2.43. The predicted molar refractivity (Wildman–Crippen MR) is 78.8 cm³/mol. The molecular formula is C14H16FN3O2S. The van der Waals surface area contributed by atoms with Crippen molar-refractivity contribution in [2.45, 2.75) is 25.3 Å². The number of aryl methyl sites for hydroxylation is 1. The summed E-state index contributed by atoms with van der Waals surface area (Å²) in [4.78, 5) is 3.76. The maximum absolute atomic E-state index is 13.8. The van der Waals surface area contributed by atoms with Gasteiger partial charge in [0.15, 0.2) is 0 Å². The number of sulfonamides is 1. The van der Waals surface area contributed by atoms with Gasteiger partial charge in [-0.15, -0.1) is 0 Å². The number of rotatable bonds is 4. The molecule has 1 aromatic carbocycles. The van der Waals surface area contributed by atoms with Crippen LogP contribution in [0.25, 0.3) is 0 Å². The van der Waals surface area contributed by atoms with E-state index >= 15 is 0 Å². The summed E-state index contributed by atoms with van der Waals surface area (Å²) in [5.74, 6) is -0.596. The molecule has 5 nitrogen and oxygen atoms in total. The van der Waals surface area contributed by atoms with Gasteiger partial charge in [-0.25, -0.2) is 12.8 Å². The van der Waals surface area contributed by atoms with Gasteiger partial charge in [0.2, 0.25) is 0 Å². The third-order valence-corrected chi connectivity index (χ3v) is 4.66. The monoisotopic (exact) mass is 309 g/mol. The number of halogens is 1. The van der Waals surface area contributed by atoms with Crippen LogP contribution >= 0.6 is 0 Å². The number of benzene rings is 1. The highest BCUT2D eigenvalue weighted by Crippen LogP contribution is 2.24. The minimum Gasteiger partial charge on any atom is -0.326 e. The number of hydrogen-bond acceptors (Lipinski definition) is 4. The second-order valence-corrected chi connectivity index (χ2v) is 6.35. The zero-order valence-electron chi connectivity index (χ0n) is 11.7. The molecule has 0 saturated carbocycles. The molecule has 0 saturated heterocycles. The van der Waals surface area contributed by atoms with E-state index in [0.29, 0.717) is 11.3 Å². The van der Waals surface area contributed by atoms with Crippen molar-refractivity contribution in [1.29, 1.82) is 0 Å². The second kappa shape index (κ2) is 5.79. The topological polar surface area (TPSA) is 85.1 Å². The van der Waals surface area contributed by atoms with Crippen LogP contribution in [-0.2, 0) is 16.6 Å². The van der Waals surface area contributed by atoms with Gasteiger partial charge in [-0.2, -0.15) is 0 Å². The average molecular weight is 309 g/mol. The van der Waals surface area contributed by atoms with Crippen LogP contribution in [0.1, 0.15) is 16.7 Å². The van der Waals surface area contributed by atoms with Crippen molar-refractivity contribution >= 4 is 15.7 Å². The molecule has 0 radical (unpaired) electrons. The van der Waals surface area contributed by atoms with Crippen LogP contribution in [-0.4, -0.2) is 13.4 Å². The van der Waals surface area contributed by atoms with E-state index in [4.69, 9.17) is 5.73 Å². The number of pyridine rings is 1. The van der Waals surface area contributed by atoms with Gasteiger partial charge in [0.1, 0.15) is 5.82 Å². The third kappa shape index (κ3) is 3.20. The molecule has 2 aromatic rings. The van der Waals surface area contributed by atoms with Gasteiger partial charge in [-0.1, -0.05) is 0 Å². The van der Waals surface area contributed by atoms with Crippen molar-refractivity contribution in [1.82, 2.24) is 4.98 Å². The summed E-state index contributed by atoms with van der Waals surface area (Å²) in [5.41, 5.74) is 7.02. The second-order valence-electron chi connectivity index (χ2n) is 4.70. The number of nitrogens with zero attached hydrogens (tertiary/aromatic N) is 1. The van der Waals surface area contributed by atoms with Crippen LogP contribution in [0.4, 0.5) is 10.1 Å². The molecule has 0 aliphatic carbocycles. The van der Waals surface area contributed by atoms with Gasteiger partial charge in [0.25, 0.3) is 10.0 Å². The van der Waals surface area contributed by atoms with E-state index < -0.39 is 15.8 Å². The van der Waals surface area contributed by atoms with E-state index in [1.54, 1.807) is 19.2 Å². The molecule has 0 aliphatic heterocycles. The molecular weight excluding hydrogens is 293 g/mol. The SMILES string of the molecule is Cc1ccncc1NS(=O)(=O)c1cc(CN)cc(F)c1C. The Morgan fingerprint density at radius 1 is 1.33 bits per heavy atom. The maximum Gasteiger partial charge on any atom is 0.262 e. The van der Waals surface area contributed by atoms with Crippen LogP contribution in [0.2, 0.25) is 0 Å². The molecule has 1 aromatic heterocycles. The molecule has 2 rings (SSSR count). The first kappa shape index (κ1) is 15.4. The molecule has 112 valence electrons. The highest BCUT2D eigenvalue weighted by molar-refractivity contribution is 7.92. The zero-order chi connectivity index (χ0) is 15.6. The van der Waals surface area contributed by atoms with Gasteiger partial charge < -0.3 is 5.73 Å². The number of anilines is 1. The number of nitrogens with one attached hydrogen (secondary N) is 1. The fourth-order valence-corrected chi connectivity index (χ4v) is 3.29. The molecule has 0 fully saturated rings. The van der Waals surface area contributed by atoms with Gasteiger partial charge in [-0.05, 0) is 43.2 Å². The van der Waals surface area contributed by atoms with E-state index in [1.807, 2.05) is 0 Å². The van der Waals surface area contributed by atoms with Crippen molar-refractivity contribution in [2.75, 3.05) is 4.72 Å². The Hall–Kier alpha value is -1.99. The van der Waals surface area contributed by atoms with Crippen molar-refractivity contribution in [3.8, 4) is 0 Å². The van der Waals surface area contributed by atoms with Crippen molar-refractivity contribution in [3.05, 3.63) is 53.1 Å². The van der Waals surface area contributed by atoms with E-state index in [2.05, 4.69) is 9.71 Å². The van der Waals surface area contributed by atoms with Gasteiger partial charge >= 0.3 is 0 Å². The quantitative estimate of drug-likeness (QED) is 0.905. The molecule has 1 heterocycles. The van der Waals surface area contributed by atoms with Crippen LogP contribution in [0.5, 0.6) is 0 Å². The van der Waals surface area contributed by atoms with Crippen molar-refractivity contribution < 1.29 is 12.8 Å². The van der Waals surface area contributed by atoms with Crippen LogP contribution < -0.4 is 10.5 Å². The van der Waals surface area contributed by atoms with Crippen LogP contribution in [0.15, 0.2) is 35.5 Å². The summed E-state index contributed by atoms with van der Waals surface area (Å²) in [6, 6.07) is 4.30.